The standard InChI is InChI=1S/C39H50ClF3N6O9S/c1-7-22-16-21(2)10-8-9-11-23-19-38(23,34(52)48-59(54,55)37(5)14-15-37)47-31(50)28-18-25(57-32-30(40)44-26-13-12-24(56-6)17-27(26)45-32)20-49(28)33(51)29(22)46-35(53)58-36(3,4)39(41,42)43/h9,11-13,17,21-23,25,28-29H,7-8,10,14-16,18-20H2,1-6H3,(H,46,53)(H,47,50)(H,48,52). The molecule has 1 saturated heterocycles. The number of hydrogen-bond donors (Lipinski definition) is 3. The van der Waals surface area contributed by atoms with Crippen LogP contribution in [0.3, 0.4) is 0 Å². The highest BCUT2D eigenvalue weighted by Gasteiger charge is 2.63. The summed E-state index contributed by atoms with van der Waals surface area (Å²) in [6.07, 6.45) is -1.32. The second-order valence-corrected chi connectivity index (χ2v) is 19.4. The lowest BCUT2D eigenvalue weighted by Gasteiger charge is -2.35. The van der Waals surface area contributed by atoms with Crippen molar-refractivity contribution in [2.75, 3.05) is 13.7 Å². The molecule has 324 valence electrons. The minimum atomic E-state index is -4.93. The average molecular weight is 871 g/mol. The maximum Gasteiger partial charge on any atom is 0.427 e. The highest BCUT2D eigenvalue weighted by molar-refractivity contribution is 7.91. The van der Waals surface area contributed by atoms with Gasteiger partial charge >= 0.3 is 12.3 Å². The van der Waals surface area contributed by atoms with Crippen LogP contribution < -0.4 is 24.8 Å². The van der Waals surface area contributed by atoms with E-state index in [1.165, 1.54) is 14.0 Å². The van der Waals surface area contributed by atoms with Gasteiger partial charge in [-0.1, -0.05) is 44.0 Å². The van der Waals surface area contributed by atoms with Gasteiger partial charge in [0, 0.05) is 18.4 Å². The lowest BCUT2D eigenvalue weighted by molar-refractivity contribution is -0.244. The number of sulfonamides is 1. The van der Waals surface area contributed by atoms with E-state index in [2.05, 4.69) is 25.3 Å². The van der Waals surface area contributed by atoms with E-state index >= 15 is 0 Å². The molecule has 20 heteroatoms. The molecule has 15 nitrogen and oxygen atoms in total. The number of halogens is 4. The molecular weight excluding hydrogens is 821 g/mol. The topological polar surface area (TPSA) is 195 Å². The number of carbonyl (C=O) groups excluding carboxylic acids is 4. The molecule has 7 unspecified atom stereocenters. The summed E-state index contributed by atoms with van der Waals surface area (Å²) in [6.45, 7) is 6.33. The number of hydrogen-bond acceptors (Lipinski definition) is 11. The smallest absolute Gasteiger partial charge is 0.427 e. The third-order valence-corrected chi connectivity index (χ3v) is 14.4. The van der Waals surface area contributed by atoms with Crippen LogP contribution in [-0.2, 0) is 29.1 Å². The lowest BCUT2D eigenvalue weighted by Crippen LogP contribution is -2.60. The highest BCUT2D eigenvalue weighted by Crippen LogP contribution is 2.48. The van der Waals surface area contributed by atoms with Crippen LogP contribution in [0.15, 0.2) is 30.4 Å². The molecule has 7 atom stereocenters. The zero-order valence-corrected chi connectivity index (χ0v) is 35.2. The normalized spacial score (nSPS) is 28.6. The van der Waals surface area contributed by atoms with E-state index in [1.54, 1.807) is 31.2 Å². The Kier molecular flexibility index (Phi) is 12.2. The van der Waals surface area contributed by atoms with Gasteiger partial charge in [0.25, 0.3) is 11.8 Å². The van der Waals surface area contributed by atoms with Gasteiger partial charge in [-0.2, -0.15) is 13.2 Å². The number of carbonyl (C=O) groups is 4. The molecule has 0 bridgehead atoms. The highest BCUT2D eigenvalue weighted by atomic mass is 35.5. The van der Waals surface area contributed by atoms with Crippen molar-refractivity contribution in [1.29, 1.82) is 0 Å². The number of nitrogens with one attached hydrogen (secondary N) is 3. The molecule has 3 N–H and O–H groups in total. The van der Waals surface area contributed by atoms with Gasteiger partial charge in [0.2, 0.25) is 27.4 Å². The van der Waals surface area contributed by atoms with Crippen LogP contribution in [0, 0.1) is 17.8 Å². The van der Waals surface area contributed by atoms with E-state index in [1.807, 2.05) is 13.0 Å². The number of alkyl carbamates (subject to hydrolysis) is 1. The fourth-order valence-electron chi connectivity index (χ4n) is 7.62. The van der Waals surface area contributed by atoms with Crippen molar-refractivity contribution in [2.45, 2.75) is 126 Å². The van der Waals surface area contributed by atoms with Gasteiger partial charge in [-0.15, -0.1) is 0 Å². The summed E-state index contributed by atoms with van der Waals surface area (Å²) in [7, 11) is -2.62. The summed E-state index contributed by atoms with van der Waals surface area (Å²) in [5.74, 6) is -3.42. The van der Waals surface area contributed by atoms with Gasteiger partial charge in [-0.3, -0.25) is 19.1 Å². The van der Waals surface area contributed by atoms with Crippen LogP contribution in [0.1, 0.15) is 86.0 Å². The van der Waals surface area contributed by atoms with E-state index in [-0.39, 0.29) is 36.3 Å². The molecule has 0 radical (unpaired) electrons. The number of alkyl halides is 3. The predicted molar refractivity (Wildman–Crippen MR) is 209 cm³/mol. The van der Waals surface area contributed by atoms with Crippen LogP contribution in [0.4, 0.5) is 18.0 Å². The Labute approximate surface area is 345 Å². The molecule has 2 aliphatic carbocycles. The third-order valence-electron chi connectivity index (χ3n) is 12.0. The SMILES string of the molecule is CCC1CC(C)CCC=CC2CC2(C(=O)NS(=O)(=O)C2(C)CC2)NC(=O)C2CC(Oc3nc4cc(OC)ccc4nc3Cl)CN2C(=O)C1NC(=O)OC(C)(C)C(F)(F)F. The van der Waals surface area contributed by atoms with E-state index in [0.29, 0.717) is 69.2 Å². The fraction of sp³-hybridized carbons (Fsp3) is 0.641. The van der Waals surface area contributed by atoms with Gasteiger partial charge < -0.3 is 29.7 Å². The van der Waals surface area contributed by atoms with Crippen molar-refractivity contribution in [1.82, 2.24) is 30.2 Å². The molecule has 4 aliphatic rings. The summed E-state index contributed by atoms with van der Waals surface area (Å²) in [5.41, 5.74) is -3.78. The van der Waals surface area contributed by atoms with Crippen molar-refractivity contribution in [3.05, 3.63) is 35.5 Å². The molecule has 3 heterocycles. The summed E-state index contributed by atoms with van der Waals surface area (Å²) in [5, 5.41) is 5.06. The number of nitrogens with zero attached hydrogens (tertiary/aromatic N) is 3. The zero-order chi connectivity index (χ0) is 43.3. The first-order valence-electron chi connectivity index (χ1n) is 19.6. The quantitative estimate of drug-likeness (QED) is 0.275. The molecule has 3 fully saturated rings. The molecule has 2 aliphatic heterocycles. The van der Waals surface area contributed by atoms with Crippen LogP contribution in [-0.4, -0.2) is 101 Å². The summed E-state index contributed by atoms with van der Waals surface area (Å²) in [6, 6.07) is 2.09. The van der Waals surface area contributed by atoms with Gasteiger partial charge in [-0.25, -0.2) is 23.2 Å². The minimum Gasteiger partial charge on any atom is -0.497 e. The number of allylic oxidation sites excluding steroid dienone is 1. The van der Waals surface area contributed by atoms with Gasteiger partial charge in [0.15, 0.2) is 5.15 Å². The fourth-order valence-corrected chi connectivity index (χ4v) is 9.11. The Bertz CT molecular complexity index is 2140. The zero-order valence-electron chi connectivity index (χ0n) is 33.7. The first-order valence-corrected chi connectivity index (χ1v) is 21.5. The average Bonchev–Trinajstić information content (AvgIpc) is 4.03. The lowest BCUT2D eigenvalue weighted by atomic mass is 9.85. The van der Waals surface area contributed by atoms with Crippen molar-refractivity contribution >= 4 is 56.5 Å². The molecule has 2 aromatic rings. The first-order chi connectivity index (χ1) is 27.5. The molecule has 59 heavy (non-hydrogen) atoms. The van der Waals surface area contributed by atoms with Crippen LogP contribution >= 0.6 is 11.6 Å². The Hall–Kier alpha value is -4.39. The largest absolute Gasteiger partial charge is 0.497 e. The second kappa shape index (κ2) is 16.2. The molecule has 0 spiro atoms. The molecule has 4 amide bonds. The number of ether oxygens (including phenoxy) is 3. The van der Waals surface area contributed by atoms with Gasteiger partial charge in [0.1, 0.15) is 29.5 Å². The number of methoxy groups -OCH3 is 1. The maximum atomic E-state index is 14.9. The van der Waals surface area contributed by atoms with Crippen LogP contribution in [0.5, 0.6) is 11.6 Å². The minimum absolute atomic E-state index is 0.0522. The summed E-state index contributed by atoms with van der Waals surface area (Å²) < 4.78 is 85.1. The van der Waals surface area contributed by atoms with Crippen molar-refractivity contribution in [2.24, 2.45) is 17.8 Å². The number of rotatable bonds is 9. The monoisotopic (exact) mass is 870 g/mol. The number of amides is 4. The molecule has 6 rings (SSSR count). The summed E-state index contributed by atoms with van der Waals surface area (Å²) in [4.78, 5) is 66.5. The number of fused-ring (bicyclic) bond motifs is 3. The summed E-state index contributed by atoms with van der Waals surface area (Å²) >= 11 is 6.49. The van der Waals surface area contributed by atoms with E-state index in [0.717, 1.165) is 4.90 Å². The van der Waals surface area contributed by atoms with Crippen molar-refractivity contribution in [3.63, 3.8) is 0 Å². The van der Waals surface area contributed by atoms with Crippen molar-refractivity contribution < 1.29 is 55.0 Å². The predicted octanol–water partition coefficient (Wildman–Crippen LogP) is 5.35. The third kappa shape index (κ3) is 9.20. The Morgan fingerprint density at radius 3 is 2.47 bits per heavy atom. The molecule has 2 saturated carbocycles. The Balaban J connectivity index is 1.37. The van der Waals surface area contributed by atoms with E-state index in [4.69, 9.17) is 25.8 Å². The Morgan fingerprint density at radius 2 is 1.83 bits per heavy atom. The second-order valence-electron chi connectivity index (χ2n) is 16.8. The molecule has 1 aromatic carbocycles. The van der Waals surface area contributed by atoms with E-state index < -0.39 is 85.9 Å². The van der Waals surface area contributed by atoms with E-state index in [9.17, 15) is 40.8 Å². The molecule has 1 aromatic heterocycles. The molecular formula is C39H50ClF3N6O9S. The van der Waals surface area contributed by atoms with Gasteiger partial charge in [0.05, 0.1) is 29.4 Å². The Morgan fingerprint density at radius 1 is 1.12 bits per heavy atom. The van der Waals surface area contributed by atoms with Crippen molar-refractivity contribution in [3.8, 4) is 11.6 Å². The van der Waals surface area contributed by atoms with Crippen LogP contribution in [0.2, 0.25) is 5.15 Å². The maximum absolute atomic E-state index is 14.9. The van der Waals surface area contributed by atoms with Gasteiger partial charge in [-0.05, 0) is 83.3 Å². The number of benzene rings is 1. The van der Waals surface area contributed by atoms with Crippen LogP contribution in [0.25, 0.3) is 11.0 Å². The first kappa shape index (κ1) is 44.2. The number of aromatic nitrogens is 2.